The lowest BCUT2D eigenvalue weighted by atomic mass is 9.80. The maximum atomic E-state index is 13.6. The van der Waals surface area contributed by atoms with Crippen molar-refractivity contribution >= 4 is 5.97 Å². The zero-order valence-electron chi connectivity index (χ0n) is 17.3. The summed E-state index contributed by atoms with van der Waals surface area (Å²) in [5, 5.41) is 0. The van der Waals surface area contributed by atoms with Gasteiger partial charge in [0.05, 0.1) is 26.2 Å². The van der Waals surface area contributed by atoms with Crippen LogP contribution in [0.1, 0.15) is 37.3 Å². The molecule has 2 aliphatic heterocycles. The smallest absolute Gasteiger partial charge is 0.321 e. The van der Waals surface area contributed by atoms with Crippen molar-refractivity contribution in [3.63, 3.8) is 0 Å². The fraction of sp³-hybridized carbons (Fsp3) is 0.480. The predicted octanol–water partition coefficient (Wildman–Crippen LogP) is 1.15. The van der Waals surface area contributed by atoms with Gasteiger partial charge in [-0.1, -0.05) is 48.5 Å². The monoisotopic (exact) mass is 453 g/mol. The van der Waals surface area contributed by atoms with E-state index < -0.39 is 5.41 Å². The summed E-state index contributed by atoms with van der Waals surface area (Å²) in [6.07, 6.45) is 3.51. The number of hydrogen-bond acceptors (Lipinski definition) is 2. The van der Waals surface area contributed by atoms with Gasteiger partial charge in [0, 0.05) is 24.7 Å². The van der Waals surface area contributed by atoms with Crippen LogP contribution in [0.3, 0.4) is 0 Å². The van der Waals surface area contributed by atoms with Crippen LogP contribution in [0.2, 0.25) is 0 Å². The van der Waals surface area contributed by atoms with Crippen LogP contribution in [0.25, 0.3) is 11.1 Å². The summed E-state index contributed by atoms with van der Waals surface area (Å²) in [4.78, 5) is 13.6. The molecule has 2 heterocycles. The van der Waals surface area contributed by atoms with Crippen molar-refractivity contribution in [1.29, 1.82) is 0 Å². The minimum atomic E-state index is -0.711. The Morgan fingerprint density at radius 3 is 1.90 bits per heavy atom. The number of ether oxygens (including phenoxy) is 1. The van der Waals surface area contributed by atoms with Gasteiger partial charge < -0.3 is 26.2 Å². The van der Waals surface area contributed by atoms with Gasteiger partial charge in [-0.05, 0) is 35.6 Å². The molecule has 4 aliphatic rings. The van der Waals surface area contributed by atoms with Crippen LogP contribution in [0, 0.1) is 11.8 Å². The van der Waals surface area contributed by atoms with E-state index in [9.17, 15) is 4.79 Å². The lowest BCUT2D eigenvalue weighted by Gasteiger charge is -2.46. The number of rotatable bonds is 2. The molecule has 2 aliphatic carbocycles. The first-order valence-corrected chi connectivity index (χ1v) is 10.7. The van der Waals surface area contributed by atoms with Crippen LogP contribution in [0.5, 0.6) is 0 Å². The van der Waals surface area contributed by atoms with Crippen LogP contribution in [-0.4, -0.2) is 42.7 Å². The minimum absolute atomic E-state index is 0. The van der Waals surface area contributed by atoms with Crippen LogP contribution in [0.15, 0.2) is 48.5 Å². The lowest BCUT2D eigenvalue weighted by Crippen LogP contribution is -3.00. The Morgan fingerprint density at radius 1 is 0.897 bits per heavy atom. The fourth-order valence-corrected chi connectivity index (χ4v) is 6.92. The molecule has 1 saturated carbocycles. The van der Waals surface area contributed by atoms with Crippen LogP contribution in [-0.2, 0) is 14.9 Å². The Hall–Kier alpha value is -1.65. The number of esters is 1. The molecular weight excluding hydrogens is 426 g/mol. The molecule has 5 atom stereocenters. The highest BCUT2D eigenvalue weighted by Gasteiger charge is 2.68. The molecule has 3 fully saturated rings. The molecule has 2 bridgehead atoms. The average Bonchev–Trinajstić information content (AvgIpc) is 3.40. The predicted molar refractivity (Wildman–Crippen MR) is 109 cm³/mol. The van der Waals surface area contributed by atoms with Gasteiger partial charge in [0.2, 0.25) is 0 Å². The van der Waals surface area contributed by atoms with Crippen LogP contribution in [0.4, 0.5) is 0 Å². The number of hydrogen-bond donors (Lipinski definition) is 0. The second kappa shape index (κ2) is 6.18. The van der Waals surface area contributed by atoms with E-state index in [0.29, 0.717) is 12.1 Å². The Kier molecular flexibility index (Phi) is 4.12. The van der Waals surface area contributed by atoms with E-state index in [1.54, 1.807) is 0 Å². The maximum Gasteiger partial charge on any atom is 0.321 e. The molecule has 2 aromatic rings. The van der Waals surface area contributed by atoms with E-state index in [1.165, 1.54) is 17.5 Å². The highest BCUT2D eigenvalue weighted by molar-refractivity contribution is 5.97. The van der Waals surface area contributed by atoms with Gasteiger partial charge in [0.1, 0.15) is 11.5 Å². The number of carbonyl (C=O) groups excluding carboxylic acids is 1. The fourth-order valence-electron chi connectivity index (χ4n) is 6.92. The highest BCUT2D eigenvalue weighted by atomic mass is 79.9. The quantitative estimate of drug-likeness (QED) is 0.503. The largest absolute Gasteiger partial charge is 1.00 e. The normalized spacial score (nSPS) is 33.7. The van der Waals surface area contributed by atoms with Gasteiger partial charge in [-0.3, -0.25) is 4.79 Å². The van der Waals surface area contributed by atoms with Crippen molar-refractivity contribution in [3.05, 3.63) is 59.7 Å². The van der Waals surface area contributed by atoms with Gasteiger partial charge in [0.25, 0.3) is 0 Å². The van der Waals surface area contributed by atoms with Gasteiger partial charge in [-0.25, -0.2) is 0 Å². The highest BCUT2D eigenvalue weighted by Crippen LogP contribution is 2.61. The van der Waals surface area contributed by atoms with E-state index in [4.69, 9.17) is 4.74 Å². The molecule has 3 nitrogen and oxygen atoms in total. The van der Waals surface area contributed by atoms with E-state index in [-0.39, 0.29) is 29.1 Å². The van der Waals surface area contributed by atoms with Crippen molar-refractivity contribution in [3.8, 4) is 11.1 Å². The molecular formula is C25H28BrNO2. The van der Waals surface area contributed by atoms with Gasteiger partial charge >= 0.3 is 5.97 Å². The summed E-state index contributed by atoms with van der Waals surface area (Å²) in [5.74, 6) is 1.66. The first-order chi connectivity index (χ1) is 13.4. The van der Waals surface area contributed by atoms with Crippen molar-refractivity contribution in [1.82, 2.24) is 0 Å². The Morgan fingerprint density at radius 2 is 1.38 bits per heavy atom. The molecule has 0 amide bonds. The molecule has 0 N–H and O–H groups in total. The van der Waals surface area contributed by atoms with Gasteiger partial charge in [0.15, 0.2) is 0 Å². The molecule has 152 valence electrons. The van der Waals surface area contributed by atoms with Crippen molar-refractivity contribution < 1.29 is 31.0 Å². The van der Waals surface area contributed by atoms with Crippen molar-refractivity contribution in [2.75, 3.05) is 14.1 Å². The Labute approximate surface area is 183 Å². The van der Waals surface area contributed by atoms with E-state index in [2.05, 4.69) is 57.4 Å². The van der Waals surface area contributed by atoms with E-state index >= 15 is 0 Å². The summed E-state index contributed by atoms with van der Waals surface area (Å²) in [7, 11) is 4.76. The number of nitrogens with zero attached hydrogens (tertiary/aromatic N) is 1. The molecule has 0 radical (unpaired) electrons. The number of fused-ring (bicyclic) bond motifs is 8. The second-order valence-corrected chi connectivity index (χ2v) is 10.0. The Bertz CT molecular complexity index is 934. The topological polar surface area (TPSA) is 26.3 Å². The second-order valence-electron chi connectivity index (χ2n) is 10.0. The van der Waals surface area contributed by atoms with Crippen LogP contribution >= 0.6 is 0 Å². The maximum absolute atomic E-state index is 13.6. The number of quaternary nitrogens is 1. The zero-order valence-corrected chi connectivity index (χ0v) is 18.9. The lowest BCUT2D eigenvalue weighted by molar-refractivity contribution is -0.937. The molecule has 0 aromatic heterocycles. The molecule has 2 saturated heterocycles. The molecule has 1 unspecified atom stereocenters. The zero-order chi connectivity index (χ0) is 19.3. The van der Waals surface area contributed by atoms with Gasteiger partial charge in [-0.2, -0.15) is 0 Å². The molecule has 4 heteroatoms. The van der Waals surface area contributed by atoms with Crippen molar-refractivity contribution in [2.45, 2.75) is 49.8 Å². The first kappa shape index (κ1) is 19.3. The number of carbonyl (C=O) groups is 1. The average molecular weight is 454 g/mol. The first-order valence-electron chi connectivity index (χ1n) is 10.7. The van der Waals surface area contributed by atoms with E-state index in [1.807, 2.05) is 12.1 Å². The SMILES string of the molecule is CC1(C(=O)OC2C[C@@H]3[C@@H]4C[C@@H]4[C@H](C2)[N+]3(C)C)c2ccccc2-c2ccccc21.[Br-]. The summed E-state index contributed by atoms with van der Waals surface area (Å²) in [5.41, 5.74) is 3.79. The standard InChI is InChI=1S/C25H28NO2.BrH/c1-25(20-10-6-4-8-16(20)17-9-5-7-11-21(17)25)24(27)28-15-12-22-18-14-19(18)23(13-15)26(22,2)3;/h4-11,15,18-19,22-23H,12-14H2,1-3H3;1H/q+1;/p-1/t15?,18-,19+,22-,23+;. The molecule has 6 rings (SSSR count). The molecule has 29 heavy (non-hydrogen) atoms. The third-order valence-corrected chi connectivity index (χ3v) is 8.50. The van der Waals surface area contributed by atoms with Crippen LogP contribution < -0.4 is 17.0 Å². The minimum Gasteiger partial charge on any atom is -1.00 e. The number of benzene rings is 2. The number of halogens is 1. The third-order valence-electron chi connectivity index (χ3n) is 8.50. The Balaban J connectivity index is 0.00000181. The van der Waals surface area contributed by atoms with E-state index in [0.717, 1.165) is 40.3 Å². The molecule has 0 spiro atoms. The molecule has 2 aromatic carbocycles. The summed E-state index contributed by atoms with van der Waals surface area (Å²) < 4.78 is 7.42. The summed E-state index contributed by atoms with van der Waals surface area (Å²) in [6, 6.07) is 17.9. The summed E-state index contributed by atoms with van der Waals surface area (Å²) >= 11 is 0. The van der Waals surface area contributed by atoms with Crippen molar-refractivity contribution in [2.24, 2.45) is 11.8 Å². The third kappa shape index (κ3) is 2.42. The van der Waals surface area contributed by atoms with Gasteiger partial charge in [-0.15, -0.1) is 0 Å². The summed E-state index contributed by atoms with van der Waals surface area (Å²) in [6.45, 7) is 2.05. The number of piperidine rings is 2.